The van der Waals surface area contributed by atoms with E-state index in [4.69, 9.17) is 5.11 Å². The van der Waals surface area contributed by atoms with Gasteiger partial charge < -0.3 is 10.4 Å². The molecule has 0 aliphatic heterocycles. The summed E-state index contributed by atoms with van der Waals surface area (Å²) in [5.74, 6) is 0. The molecule has 18 heavy (non-hydrogen) atoms. The molecule has 1 aromatic rings. The molecule has 0 aliphatic carbocycles. The molecule has 102 valence electrons. The van der Waals surface area contributed by atoms with Crippen molar-refractivity contribution in [3.63, 3.8) is 0 Å². The van der Waals surface area contributed by atoms with Crippen molar-refractivity contribution < 1.29 is 5.11 Å². The molecule has 0 fully saturated rings. The van der Waals surface area contributed by atoms with E-state index in [9.17, 15) is 0 Å². The Morgan fingerprint density at radius 3 is 2.22 bits per heavy atom. The third kappa shape index (κ3) is 6.77. The summed E-state index contributed by atoms with van der Waals surface area (Å²) in [7, 11) is 0. The third-order valence-corrected chi connectivity index (χ3v) is 3.25. The Labute approximate surface area is 111 Å². The summed E-state index contributed by atoms with van der Waals surface area (Å²) in [6.07, 6.45) is 7.78. The fourth-order valence-corrected chi connectivity index (χ4v) is 2.02. The first-order valence-electron chi connectivity index (χ1n) is 7.26. The predicted molar refractivity (Wildman–Crippen MR) is 77.7 cm³/mol. The molecule has 0 spiro atoms. The minimum atomic E-state index is 0.135. The number of benzene rings is 1. The van der Waals surface area contributed by atoms with Gasteiger partial charge in [-0.1, -0.05) is 56.9 Å². The summed E-state index contributed by atoms with van der Waals surface area (Å²) in [5, 5.41) is 12.4. The molecule has 0 heterocycles. The normalized spacial score (nSPS) is 10.8. The first-order chi connectivity index (χ1) is 8.86. The van der Waals surface area contributed by atoms with Gasteiger partial charge in [0.1, 0.15) is 0 Å². The van der Waals surface area contributed by atoms with E-state index in [1.54, 1.807) is 0 Å². The van der Waals surface area contributed by atoms with Gasteiger partial charge in [0.2, 0.25) is 0 Å². The van der Waals surface area contributed by atoms with Gasteiger partial charge in [0.05, 0.1) is 6.61 Å². The van der Waals surface area contributed by atoms with E-state index >= 15 is 0 Å². The number of unbranched alkanes of at least 4 members (excludes halogenated alkanes) is 4. The van der Waals surface area contributed by atoms with Gasteiger partial charge in [-0.25, -0.2) is 0 Å². The van der Waals surface area contributed by atoms with Crippen molar-refractivity contribution >= 4 is 0 Å². The van der Waals surface area contributed by atoms with E-state index in [1.807, 2.05) is 12.1 Å². The summed E-state index contributed by atoms with van der Waals surface area (Å²) in [5.41, 5.74) is 2.33. The van der Waals surface area contributed by atoms with Gasteiger partial charge >= 0.3 is 0 Å². The van der Waals surface area contributed by atoms with Gasteiger partial charge in [0.25, 0.3) is 0 Å². The van der Waals surface area contributed by atoms with E-state index in [0.717, 1.165) is 25.1 Å². The Kier molecular flexibility index (Phi) is 8.53. The highest BCUT2D eigenvalue weighted by Gasteiger charge is 1.94. The zero-order valence-corrected chi connectivity index (χ0v) is 11.6. The van der Waals surface area contributed by atoms with Crippen LogP contribution < -0.4 is 5.32 Å². The highest BCUT2D eigenvalue weighted by Crippen LogP contribution is 2.05. The molecular weight excluding hydrogens is 222 g/mol. The van der Waals surface area contributed by atoms with Gasteiger partial charge in [-0.15, -0.1) is 0 Å². The minimum absolute atomic E-state index is 0.135. The van der Waals surface area contributed by atoms with Gasteiger partial charge in [0, 0.05) is 0 Å². The molecule has 1 rings (SSSR count). The van der Waals surface area contributed by atoms with Crippen molar-refractivity contribution in [2.24, 2.45) is 0 Å². The summed E-state index contributed by atoms with van der Waals surface area (Å²) in [4.78, 5) is 0. The molecule has 2 nitrogen and oxygen atoms in total. The fourth-order valence-electron chi connectivity index (χ4n) is 2.02. The number of aliphatic hydroxyl groups is 1. The lowest BCUT2D eigenvalue weighted by molar-refractivity contribution is 0.282. The molecule has 0 aliphatic rings. The molecule has 0 bridgehead atoms. The summed E-state index contributed by atoms with van der Waals surface area (Å²) in [6.45, 7) is 4.57. The number of hydrogen-bond donors (Lipinski definition) is 2. The molecule has 0 saturated heterocycles. The fraction of sp³-hybridized carbons (Fsp3) is 0.625. The second-order valence-corrected chi connectivity index (χ2v) is 4.89. The van der Waals surface area contributed by atoms with Gasteiger partial charge in [-0.3, -0.25) is 0 Å². The van der Waals surface area contributed by atoms with Crippen LogP contribution in [0, 0.1) is 0 Å². The maximum atomic E-state index is 8.95. The van der Waals surface area contributed by atoms with Crippen molar-refractivity contribution in [3.05, 3.63) is 35.4 Å². The molecule has 0 radical (unpaired) electrons. The average molecular weight is 249 g/mol. The largest absolute Gasteiger partial charge is 0.392 e. The average Bonchev–Trinajstić information content (AvgIpc) is 2.42. The van der Waals surface area contributed by atoms with Crippen molar-refractivity contribution in [2.75, 3.05) is 13.1 Å². The SMILES string of the molecule is CCCCCCCNCCc1ccc(CO)cc1. The second kappa shape index (κ2) is 10.1. The maximum Gasteiger partial charge on any atom is 0.0681 e. The monoisotopic (exact) mass is 249 g/mol. The lowest BCUT2D eigenvalue weighted by Gasteiger charge is -2.05. The maximum absolute atomic E-state index is 8.95. The van der Waals surface area contributed by atoms with Crippen LogP contribution in [0.1, 0.15) is 50.2 Å². The Balaban J connectivity index is 2.00. The molecule has 0 atom stereocenters. The highest BCUT2D eigenvalue weighted by molar-refractivity contribution is 5.22. The standard InChI is InChI=1S/C16H27NO/c1-2-3-4-5-6-12-17-13-11-15-7-9-16(14-18)10-8-15/h7-10,17-18H,2-6,11-14H2,1H3. The van der Waals surface area contributed by atoms with Crippen molar-refractivity contribution in [3.8, 4) is 0 Å². The molecule has 0 amide bonds. The lowest BCUT2D eigenvalue weighted by atomic mass is 10.1. The van der Waals surface area contributed by atoms with Crippen molar-refractivity contribution in [1.29, 1.82) is 0 Å². The van der Waals surface area contributed by atoms with E-state index in [1.165, 1.54) is 37.7 Å². The molecule has 2 N–H and O–H groups in total. The summed E-state index contributed by atoms with van der Waals surface area (Å²) in [6, 6.07) is 8.21. The zero-order chi connectivity index (χ0) is 13.1. The molecule has 0 aromatic heterocycles. The topological polar surface area (TPSA) is 32.3 Å². The zero-order valence-electron chi connectivity index (χ0n) is 11.6. The molecule has 1 aromatic carbocycles. The van der Waals surface area contributed by atoms with Crippen LogP contribution in [0.15, 0.2) is 24.3 Å². The van der Waals surface area contributed by atoms with E-state index < -0.39 is 0 Å². The summed E-state index contributed by atoms with van der Waals surface area (Å²) >= 11 is 0. The van der Waals surface area contributed by atoms with Crippen LogP contribution in [0.5, 0.6) is 0 Å². The van der Waals surface area contributed by atoms with Crippen molar-refractivity contribution in [2.45, 2.75) is 52.1 Å². The van der Waals surface area contributed by atoms with E-state index in [0.29, 0.717) is 0 Å². The van der Waals surface area contributed by atoms with Gasteiger partial charge in [-0.05, 0) is 37.1 Å². The Hall–Kier alpha value is -0.860. The van der Waals surface area contributed by atoms with E-state index in [2.05, 4.69) is 24.4 Å². The van der Waals surface area contributed by atoms with Crippen LogP contribution in [0.3, 0.4) is 0 Å². The first kappa shape index (κ1) is 15.2. The number of hydrogen-bond acceptors (Lipinski definition) is 2. The highest BCUT2D eigenvalue weighted by atomic mass is 16.3. The number of aliphatic hydroxyl groups excluding tert-OH is 1. The molecule has 0 unspecified atom stereocenters. The Morgan fingerprint density at radius 1 is 0.889 bits per heavy atom. The summed E-state index contributed by atoms with van der Waals surface area (Å²) < 4.78 is 0. The molecular formula is C16H27NO. The molecule has 2 heteroatoms. The van der Waals surface area contributed by atoms with Crippen LogP contribution in [0.4, 0.5) is 0 Å². The van der Waals surface area contributed by atoms with Gasteiger partial charge in [-0.2, -0.15) is 0 Å². The smallest absolute Gasteiger partial charge is 0.0681 e. The van der Waals surface area contributed by atoms with Crippen LogP contribution in [-0.2, 0) is 13.0 Å². The lowest BCUT2D eigenvalue weighted by Crippen LogP contribution is -2.18. The Bertz CT molecular complexity index is 294. The van der Waals surface area contributed by atoms with Crippen LogP contribution in [0.2, 0.25) is 0 Å². The van der Waals surface area contributed by atoms with Gasteiger partial charge in [0.15, 0.2) is 0 Å². The molecule has 0 saturated carbocycles. The third-order valence-electron chi connectivity index (χ3n) is 3.25. The number of nitrogens with one attached hydrogen (secondary N) is 1. The number of rotatable bonds is 10. The van der Waals surface area contributed by atoms with Crippen LogP contribution in [0.25, 0.3) is 0 Å². The van der Waals surface area contributed by atoms with Crippen LogP contribution in [-0.4, -0.2) is 18.2 Å². The van der Waals surface area contributed by atoms with E-state index in [-0.39, 0.29) is 6.61 Å². The predicted octanol–water partition coefficient (Wildman–Crippen LogP) is 3.28. The second-order valence-electron chi connectivity index (χ2n) is 4.89. The quantitative estimate of drug-likeness (QED) is 0.624. The Morgan fingerprint density at radius 2 is 1.56 bits per heavy atom. The minimum Gasteiger partial charge on any atom is -0.392 e. The first-order valence-corrected chi connectivity index (χ1v) is 7.26. The van der Waals surface area contributed by atoms with Crippen molar-refractivity contribution in [1.82, 2.24) is 5.32 Å². The van der Waals surface area contributed by atoms with Crippen LogP contribution >= 0.6 is 0 Å².